The van der Waals surface area contributed by atoms with Crippen molar-refractivity contribution >= 4 is 17.7 Å². The molecule has 0 atom stereocenters. The second-order valence-electron chi connectivity index (χ2n) is 2.45. The first-order chi connectivity index (χ1) is 6.70. The maximum Gasteiger partial charge on any atom is 0.235 e. The fraction of sp³-hybridized carbons (Fsp3) is 0.222. The molecule has 0 N–H and O–H groups in total. The molecule has 0 aliphatic rings. The van der Waals surface area contributed by atoms with Gasteiger partial charge in [-0.15, -0.1) is 0 Å². The largest absolute Gasteiger partial charge is 0.496 e. The van der Waals surface area contributed by atoms with Crippen LogP contribution in [0.4, 0.5) is 4.39 Å². The summed E-state index contributed by atoms with van der Waals surface area (Å²) < 4.78 is 18.3. The molecular weight excluding hydrogens is 209 g/mol. The smallest absolute Gasteiger partial charge is 0.235 e. The third-order valence-corrected chi connectivity index (χ3v) is 1.97. The van der Waals surface area contributed by atoms with Gasteiger partial charge in [-0.05, 0) is 12.1 Å². The predicted molar refractivity (Wildman–Crippen MR) is 49.8 cm³/mol. The van der Waals surface area contributed by atoms with Gasteiger partial charge in [-0.2, -0.15) is 0 Å². The minimum absolute atomic E-state index is 0.0260. The van der Waals surface area contributed by atoms with Gasteiger partial charge in [-0.1, -0.05) is 11.6 Å². The molecule has 0 aliphatic carbocycles. The number of carbonyl (C=O) groups excluding carboxylic acids is 1. The maximum absolute atomic E-state index is 13.4. The molecule has 0 saturated heterocycles. The van der Waals surface area contributed by atoms with Crippen molar-refractivity contribution in [3.05, 3.63) is 28.5 Å². The minimum atomic E-state index is -0.620. The van der Waals surface area contributed by atoms with Crippen LogP contribution in [0.15, 0.2) is 17.1 Å². The van der Waals surface area contributed by atoms with Crippen LogP contribution in [-0.2, 0) is 11.3 Å². The van der Waals surface area contributed by atoms with Crippen molar-refractivity contribution in [1.82, 2.24) is 0 Å². The molecule has 0 radical (unpaired) electrons. The highest BCUT2D eigenvalue weighted by Gasteiger charge is 2.12. The first-order valence-electron chi connectivity index (χ1n) is 3.75. The second kappa shape index (κ2) is 4.74. The second-order valence-corrected chi connectivity index (χ2v) is 2.86. The summed E-state index contributed by atoms with van der Waals surface area (Å²) in [6.45, 7) is -0.126. The summed E-state index contributed by atoms with van der Waals surface area (Å²) in [6, 6.07) is 2.89. The summed E-state index contributed by atoms with van der Waals surface area (Å²) in [4.78, 5) is 13.2. The average molecular weight is 216 g/mol. The highest BCUT2D eigenvalue weighted by molar-refractivity contribution is 6.30. The summed E-state index contributed by atoms with van der Waals surface area (Å²) in [5.74, 6) is -0.309. The van der Waals surface area contributed by atoms with Crippen LogP contribution in [0, 0.1) is 5.82 Å². The van der Waals surface area contributed by atoms with Crippen molar-refractivity contribution in [2.24, 2.45) is 4.99 Å². The van der Waals surface area contributed by atoms with Gasteiger partial charge in [0.2, 0.25) is 6.08 Å². The van der Waals surface area contributed by atoms with Crippen molar-refractivity contribution in [2.75, 3.05) is 7.11 Å². The van der Waals surface area contributed by atoms with Crippen LogP contribution in [0.3, 0.4) is 0 Å². The SMILES string of the molecule is COc1ccc(Cl)c(F)c1CN=C=O. The number of benzene rings is 1. The van der Waals surface area contributed by atoms with E-state index >= 15 is 0 Å². The van der Waals surface area contributed by atoms with E-state index in [4.69, 9.17) is 16.3 Å². The Balaban J connectivity index is 3.20. The number of aliphatic imine (C=N–C) groups is 1. The average Bonchev–Trinajstić information content (AvgIpc) is 2.20. The van der Waals surface area contributed by atoms with E-state index in [9.17, 15) is 9.18 Å². The molecule has 0 saturated carbocycles. The van der Waals surface area contributed by atoms with Crippen LogP contribution in [0.2, 0.25) is 5.02 Å². The number of nitrogens with zero attached hydrogens (tertiary/aromatic N) is 1. The van der Waals surface area contributed by atoms with Gasteiger partial charge in [-0.3, -0.25) is 0 Å². The first-order valence-corrected chi connectivity index (χ1v) is 4.13. The van der Waals surface area contributed by atoms with E-state index in [1.165, 1.54) is 25.3 Å². The van der Waals surface area contributed by atoms with Crippen molar-refractivity contribution in [3.8, 4) is 5.75 Å². The monoisotopic (exact) mass is 215 g/mol. The molecule has 0 aromatic heterocycles. The van der Waals surface area contributed by atoms with Crippen molar-refractivity contribution in [1.29, 1.82) is 0 Å². The number of halogens is 2. The lowest BCUT2D eigenvalue weighted by Gasteiger charge is -2.07. The molecule has 1 aromatic rings. The highest BCUT2D eigenvalue weighted by atomic mass is 35.5. The van der Waals surface area contributed by atoms with Crippen LogP contribution in [0.1, 0.15) is 5.56 Å². The molecule has 0 fully saturated rings. The fourth-order valence-corrected chi connectivity index (χ4v) is 1.20. The highest BCUT2D eigenvalue weighted by Crippen LogP contribution is 2.27. The zero-order valence-corrected chi connectivity index (χ0v) is 8.14. The summed E-state index contributed by atoms with van der Waals surface area (Å²) >= 11 is 5.55. The number of rotatable bonds is 3. The summed E-state index contributed by atoms with van der Waals surface area (Å²) in [5.41, 5.74) is 0.156. The van der Waals surface area contributed by atoms with Gasteiger partial charge in [-0.25, -0.2) is 14.2 Å². The van der Waals surface area contributed by atoms with Crippen LogP contribution in [0.5, 0.6) is 5.75 Å². The Kier molecular flexibility index (Phi) is 3.63. The van der Waals surface area contributed by atoms with Gasteiger partial charge >= 0.3 is 0 Å². The molecule has 0 heterocycles. The lowest BCUT2D eigenvalue weighted by molar-refractivity contribution is 0.404. The van der Waals surface area contributed by atoms with Gasteiger partial charge in [0.05, 0.1) is 24.2 Å². The molecular formula is C9H7ClFNO2. The van der Waals surface area contributed by atoms with Gasteiger partial charge in [0.15, 0.2) is 5.82 Å². The molecule has 0 aliphatic heterocycles. The van der Waals surface area contributed by atoms with E-state index < -0.39 is 5.82 Å². The molecule has 74 valence electrons. The van der Waals surface area contributed by atoms with E-state index in [2.05, 4.69) is 4.99 Å². The molecule has 1 aromatic carbocycles. The number of isocyanates is 1. The topological polar surface area (TPSA) is 38.7 Å². The first kappa shape index (κ1) is 10.7. The maximum atomic E-state index is 13.4. The molecule has 1 rings (SSSR count). The Morgan fingerprint density at radius 1 is 1.64 bits per heavy atom. The standard InChI is InChI=1S/C9H7ClFNO2/c1-14-8-3-2-7(10)9(11)6(8)4-12-5-13/h2-3H,4H2,1H3. The molecule has 0 unspecified atom stereocenters. The summed E-state index contributed by atoms with van der Waals surface area (Å²) in [7, 11) is 1.40. The zero-order valence-electron chi connectivity index (χ0n) is 7.38. The van der Waals surface area contributed by atoms with Gasteiger partial charge in [0, 0.05) is 0 Å². The molecule has 14 heavy (non-hydrogen) atoms. The van der Waals surface area contributed by atoms with E-state index in [0.29, 0.717) is 5.75 Å². The van der Waals surface area contributed by atoms with E-state index in [0.717, 1.165) is 0 Å². The Morgan fingerprint density at radius 3 is 2.93 bits per heavy atom. The molecule has 0 amide bonds. The van der Waals surface area contributed by atoms with E-state index in [1.807, 2.05) is 0 Å². The lowest BCUT2D eigenvalue weighted by atomic mass is 10.2. The molecule has 0 spiro atoms. The third kappa shape index (κ3) is 2.10. The van der Waals surface area contributed by atoms with Crippen LogP contribution in [0.25, 0.3) is 0 Å². The van der Waals surface area contributed by atoms with Crippen molar-refractivity contribution in [3.63, 3.8) is 0 Å². The quantitative estimate of drug-likeness (QED) is 0.573. The summed E-state index contributed by atoms with van der Waals surface area (Å²) in [6.07, 6.45) is 1.32. The molecule has 3 nitrogen and oxygen atoms in total. The van der Waals surface area contributed by atoms with Crippen LogP contribution < -0.4 is 4.74 Å². The number of hydrogen-bond donors (Lipinski definition) is 0. The Bertz CT molecular complexity index is 389. The van der Waals surface area contributed by atoms with E-state index in [1.54, 1.807) is 0 Å². The zero-order chi connectivity index (χ0) is 10.6. The molecule has 0 bridgehead atoms. The minimum Gasteiger partial charge on any atom is -0.496 e. The number of ether oxygens (including phenoxy) is 1. The summed E-state index contributed by atoms with van der Waals surface area (Å²) in [5, 5.41) is -0.0260. The van der Waals surface area contributed by atoms with Crippen LogP contribution in [-0.4, -0.2) is 13.2 Å². The van der Waals surface area contributed by atoms with Crippen molar-refractivity contribution < 1.29 is 13.9 Å². The Labute approximate surface area is 85.2 Å². The molecule has 5 heteroatoms. The van der Waals surface area contributed by atoms with E-state index in [-0.39, 0.29) is 17.1 Å². The normalized spacial score (nSPS) is 9.36. The number of methoxy groups -OCH3 is 1. The lowest BCUT2D eigenvalue weighted by Crippen LogP contribution is -1.95. The Morgan fingerprint density at radius 2 is 2.36 bits per heavy atom. The van der Waals surface area contributed by atoms with Crippen molar-refractivity contribution in [2.45, 2.75) is 6.54 Å². The third-order valence-electron chi connectivity index (χ3n) is 1.67. The predicted octanol–water partition coefficient (Wildman–Crippen LogP) is 2.32. The van der Waals surface area contributed by atoms with Crippen LogP contribution >= 0.6 is 11.6 Å². The number of hydrogen-bond acceptors (Lipinski definition) is 3. The Hall–Kier alpha value is -1.38. The van der Waals surface area contributed by atoms with Gasteiger partial charge in [0.1, 0.15) is 5.75 Å². The fourth-order valence-electron chi connectivity index (χ4n) is 1.02. The van der Waals surface area contributed by atoms with Gasteiger partial charge in [0.25, 0.3) is 0 Å². The van der Waals surface area contributed by atoms with Gasteiger partial charge < -0.3 is 4.74 Å².